The van der Waals surface area contributed by atoms with Gasteiger partial charge in [-0.15, -0.1) is 0 Å². The molecule has 2 atom stereocenters. The van der Waals surface area contributed by atoms with Crippen LogP contribution in [0.1, 0.15) is 38.7 Å². The van der Waals surface area contributed by atoms with Crippen LogP contribution in [0.15, 0.2) is 22.7 Å². The number of likely N-dealkylation sites (tertiary alicyclic amines) is 1. The zero-order chi connectivity index (χ0) is 14.7. The Kier molecular flexibility index (Phi) is 5.08. The number of benzene rings is 1. The van der Waals surface area contributed by atoms with E-state index in [-0.39, 0.29) is 12.5 Å². The molecule has 0 spiro atoms. The van der Waals surface area contributed by atoms with E-state index in [1.807, 2.05) is 30.0 Å². The highest BCUT2D eigenvalue weighted by atomic mass is 79.9. The summed E-state index contributed by atoms with van der Waals surface area (Å²) < 4.78 is 6.71. The molecule has 0 aromatic heterocycles. The number of hydrogen-bond donors (Lipinski definition) is 0. The predicted octanol–water partition coefficient (Wildman–Crippen LogP) is 3.93. The summed E-state index contributed by atoms with van der Waals surface area (Å²) in [6.45, 7) is 6.35. The first-order chi connectivity index (χ1) is 9.49. The van der Waals surface area contributed by atoms with Gasteiger partial charge in [-0.3, -0.25) is 4.79 Å². The third-order valence-electron chi connectivity index (χ3n) is 3.97. The molecule has 1 saturated heterocycles. The van der Waals surface area contributed by atoms with Crippen LogP contribution in [0.5, 0.6) is 5.75 Å². The van der Waals surface area contributed by atoms with Crippen molar-refractivity contribution in [1.29, 1.82) is 0 Å². The lowest BCUT2D eigenvalue weighted by atomic mass is 9.97. The van der Waals surface area contributed by atoms with Crippen molar-refractivity contribution in [2.24, 2.45) is 0 Å². The molecule has 1 fully saturated rings. The zero-order valence-electron chi connectivity index (χ0n) is 12.4. The van der Waals surface area contributed by atoms with E-state index in [0.29, 0.717) is 12.1 Å². The molecule has 1 heterocycles. The molecule has 2 rings (SSSR count). The second kappa shape index (κ2) is 6.61. The van der Waals surface area contributed by atoms with Crippen molar-refractivity contribution in [3.63, 3.8) is 0 Å². The number of ether oxygens (including phenoxy) is 1. The maximum atomic E-state index is 12.4. The normalized spacial score (nSPS) is 22.7. The summed E-state index contributed by atoms with van der Waals surface area (Å²) >= 11 is 3.42. The van der Waals surface area contributed by atoms with Crippen molar-refractivity contribution >= 4 is 21.8 Å². The van der Waals surface area contributed by atoms with Gasteiger partial charge in [0.15, 0.2) is 6.61 Å². The number of halogens is 1. The Labute approximate surface area is 129 Å². The van der Waals surface area contributed by atoms with Gasteiger partial charge in [0, 0.05) is 16.6 Å². The second-order valence-corrected chi connectivity index (χ2v) is 6.54. The highest BCUT2D eigenvalue weighted by Gasteiger charge is 2.28. The third-order valence-corrected chi connectivity index (χ3v) is 4.46. The molecule has 1 aromatic carbocycles. The molecule has 1 amide bonds. The summed E-state index contributed by atoms with van der Waals surface area (Å²) in [6, 6.07) is 6.46. The van der Waals surface area contributed by atoms with E-state index in [2.05, 4.69) is 29.8 Å². The Morgan fingerprint density at radius 2 is 2.00 bits per heavy atom. The predicted molar refractivity (Wildman–Crippen MR) is 84.0 cm³/mol. The van der Waals surface area contributed by atoms with Gasteiger partial charge in [0.1, 0.15) is 5.75 Å². The highest BCUT2D eigenvalue weighted by molar-refractivity contribution is 9.10. The SMILES string of the molecule is Cc1cc(Br)ccc1OCC(=O)N1[C@H](C)CCC[C@H]1C. The van der Waals surface area contributed by atoms with Gasteiger partial charge in [0.05, 0.1) is 0 Å². The van der Waals surface area contributed by atoms with E-state index in [1.165, 1.54) is 6.42 Å². The molecule has 0 bridgehead atoms. The number of amides is 1. The lowest BCUT2D eigenvalue weighted by Gasteiger charge is -2.39. The fourth-order valence-electron chi connectivity index (χ4n) is 2.90. The number of hydrogen-bond acceptors (Lipinski definition) is 2. The molecule has 1 aliphatic rings. The number of nitrogens with zero attached hydrogens (tertiary/aromatic N) is 1. The van der Waals surface area contributed by atoms with Gasteiger partial charge >= 0.3 is 0 Å². The summed E-state index contributed by atoms with van der Waals surface area (Å²) in [5, 5.41) is 0. The quantitative estimate of drug-likeness (QED) is 0.835. The smallest absolute Gasteiger partial charge is 0.260 e. The molecule has 20 heavy (non-hydrogen) atoms. The molecule has 0 aliphatic carbocycles. The Balaban J connectivity index is 1.97. The fraction of sp³-hybridized carbons (Fsp3) is 0.562. The van der Waals surface area contributed by atoms with E-state index in [9.17, 15) is 4.79 Å². The molecule has 0 unspecified atom stereocenters. The first kappa shape index (κ1) is 15.4. The summed E-state index contributed by atoms with van der Waals surface area (Å²) in [5.41, 5.74) is 1.03. The molecule has 1 aromatic rings. The zero-order valence-corrected chi connectivity index (χ0v) is 13.9. The van der Waals surface area contributed by atoms with Gasteiger partial charge in [-0.2, -0.15) is 0 Å². The average molecular weight is 340 g/mol. The van der Waals surface area contributed by atoms with Crippen LogP contribution in [0.4, 0.5) is 0 Å². The molecule has 0 N–H and O–H groups in total. The Morgan fingerprint density at radius 1 is 1.35 bits per heavy atom. The van der Waals surface area contributed by atoms with Crippen LogP contribution < -0.4 is 4.74 Å². The number of carbonyl (C=O) groups is 1. The summed E-state index contributed by atoms with van der Waals surface area (Å²) in [7, 11) is 0. The standard InChI is InChI=1S/C16H22BrNO2/c1-11-9-14(17)7-8-15(11)20-10-16(19)18-12(2)5-4-6-13(18)3/h7-9,12-13H,4-6,10H2,1-3H3/t12-,13-/m1/s1. The second-order valence-electron chi connectivity index (χ2n) is 5.63. The van der Waals surface area contributed by atoms with E-state index >= 15 is 0 Å². The molecular formula is C16H22BrNO2. The van der Waals surface area contributed by atoms with Crippen molar-refractivity contribution < 1.29 is 9.53 Å². The van der Waals surface area contributed by atoms with E-state index in [4.69, 9.17) is 4.74 Å². The van der Waals surface area contributed by atoms with E-state index < -0.39 is 0 Å². The van der Waals surface area contributed by atoms with Crippen molar-refractivity contribution in [1.82, 2.24) is 4.90 Å². The van der Waals surface area contributed by atoms with Crippen LogP contribution in [0.2, 0.25) is 0 Å². The molecule has 1 aliphatic heterocycles. The summed E-state index contributed by atoms with van der Waals surface area (Å²) in [5.74, 6) is 0.867. The molecule has 0 radical (unpaired) electrons. The average Bonchev–Trinajstić information content (AvgIpc) is 2.37. The Morgan fingerprint density at radius 3 is 2.60 bits per heavy atom. The van der Waals surface area contributed by atoms with Crippen molar-refractivity contribution in [2.45, 2.75) is 52.1 Å². The summed E-state index contributed by atoms with van der Waals surface area (Å²) in [6.07, 6.45) is 3.39. The number of carbonyl (C=O) groups excluding carboxylic acids is 1. The number of aryl methyl sites for hydroxylation is 1. The first-order valence-corrected chi connectivity index (χ1v) is 7.98. The van der Waals surface area contributed by atoms with Gasteiger partial charge < -0.3 is 9.64 Å². The van der Waals surface area contributed by atoms with Crippen LogP contribution in [0.3, 0.4) is 0 Å². The van der Waals surface area contributed by atoms with Crippen molar-refractivity contribution in [3.8, 4) is 5.75 Å². The van der Waals surface area contributed by atoms with Gasteiger partial charge in [0.25, 0.3) is 5.91 Å². The molecule has 4 heteroatoms. The van der Waals surface area contributed by atoms with Gasteiger partial charge in [0.2, 0.25) is 0 Å². The van der Waals surface area contributed by atoms with Gasteiger partial charge in [-0.1, -0.05) is 15.9 Å². The van der Waals surface area contributed by atoms with Crippen molar-refractivity contribution in [3.05, 3.63) is 28.2 Å². The van der Waals surface area contributed by atoms with Crippen LogP contribution in [-0.4, -0.2) is 29.5 Å². The number of rotatable bonds is 3. The van der Waals surface area contributed by atoms with Gasteiger partial charge in [-0.05, 0) is 63.8 Å². The maximum absolute atomic E-state index is 12.4. The topological polar surface area (TPSA) is 29.5 Å². The molecule has 110 valence electrons. The summed E-state index contributed by atoms with van der Waals surface area (Å²) in [4.78, 5) is 14.3. The minimum Gasteiger partial charge on any atom is -0.483 e. The Bertz CT molecular complexity index is 479. The maximum Gasteiger partial charge on any atom is 0.260 e. The number of piperidine rings is 1. The van der Waals surface area contributed by atoms with Crippen LogP contribution in [0.25, 0.3) is 0 Å². The minimum absolute atomic E-state index is 0.0898. The fourth-order valence-corrected chi connectivity index (χ4v) is 3.38. The molecular weight excluding hydrogens is 318 g/mol. The monoisotopic (exact) mass is 339 g/mol. The highest BCUT2D eigenvalue weighted by Crippen LogP contribution is 2.24. The lowest BCUT2D eigenvalue weighted by molar-refractivity contribution is -0.139. The van der Waals surface area contributed by atoms with E-state index in [1.54, 1.807) is 0 Å². The first-order valence-electron chi connectivity index (χ1n) is 7.19. The van der Waals surface area contributed by atoms with Crippen LogP contribution in [-0.2, 0) is 4.79 Å². The third kappa shape index (κ3) is 3.54. The Hall–Kier alpha value is -1.03. The van der Waals surface area contributed by atoms with E-state index in [0.717, 1.165) is 28.6 Å². The largest absolute Gasteiger partial charge is 0.483 e. The molecule has 0 saturated carbocycles. The van der Waals surface area contributed by atoms with Crippen LogP contribution >= 0.6 is 15.9 Å². The van der Waals surface area contributed by atoms with Crippen LogP contribution in [0, 0.1) is 6.92 Å². The minimum atomic E-state index is 0.0898. The lowest BCUT2D eigenvalue weighted by Crippen LogP contribution is -2.49. The van der Waals surface area contributed by atoms with Gasteiger partial charge in [-0.25, -0.2) is 0 Å². The molecule has 3 nitrogen and oxygen atoms in total. The van der Waals surface area contributed by atoms with Crippen molar-refractivity contribution in [2.75, 3.05) is 6.61 Å².